The van der Waals surface area contributed by atoms with Crippen molar-refractivity contribution in [2.24, 2.45) is 11.8 Å². The number of nitrogens with one attached hydrogen (secondary N) is 1. The summed E-state index contributed by atoms with van der Waals surface area (Å²) in [6.45, 7) is 8.59. The molecule has 0 aromatic carbocycles. The van der Waals surface area contributed by atoms with Gasteiger partial charge in [0.2, 0.25) is 0 Å². The summed E-state index contributed by atoms with van der Waals surface area (Å²) in [5.41, 5.74) is 0.418. The maximum Gasteiger partial charge on any atom is 0.0309 e. The Bertz CT molecular complexity index is 281. The fourth-order valence-corrected chi connectivity index (χ4v) is 4.39. The Kier molecular flexibility index (Phi) is 3.68. The summed E-state index contributed by atoms with van der Waals surface area (Å²) in [6, 6.07) is 0.821. The Morgan fingerprint density at radius 1 is 1.11 bits per heavy atom. The molecule has 2 aliphatic carbocycles. The van der Waals surface area contributed by atoms with E-state index < -0.39 is 0 Å². The van der Waals surface area contributed by atoms with Crippen molar-refractivity contribution in [3.63, 3.8) is 0 Å². The van der Waals surface area contributed by atoms with E-state index in [1.54, 1.807) is 0 Å². The fourth-order valence-electron chi connectivity index (χ4n) is 4.39. The largest absolute Gasteiger partial charge is 0.308 e. The van der Waals surface area contributed by atoms with Gasteiger partial charge in [0.25, 0.3) is 0 Å². The summed E-state index contributed by atoms with van der Waals surface area (Å²) < 4.78 is 0. The SMILES string of the molecule is CCN1CC(C)(C2CC2)NCC1C1CCCCC1. The van der Waals surface area contributed by atoms with Crippen LogP contribution in [0.15, 0.2) is 0 Å². The minimum atomic E-state index is 0.418. The van der Waals surface area contributed by atoms with Crippen LogP contribution in [0.1, 0.15) is 58.8 Å². The molecule has 0 aromatic rings. The molecular formula is C16H30N2. The van der Waals surface area contributed by atoms with E-state index >= 15 is 0 Å². The van der Waals surface area contributed by atoms with Crippen molar-refractivity contribution in [2.75, 3.05) is 19.6 Å². The van der Waals surface area contributed by atoms with Gasteiger partial charge in [0, 0.05) is 24.7 Å². The lowest BCUT2D eigenvalue weighted by molar-refractivity contribution is 0.0381. The van der Waals surface area contributed by atoms with Crippen LogP contribution < -0.4 is 5.32 Å². The lowest BCUT2D eigenvalue weighted by Gasteiger charge is -2.49. The summed E-state index contributed by atoms with van der Waals surface area (Å²) in [5.74, 6) is 1.92. The third kappa shape index (κ3) is 2.46. The molecule has 2 nitrogen and oxygen atoms in total. The van der Waals surface area contributed by atoms with Gasteiger partial charge < -0.3 is 5.32 Å². The number of hydrogen-bond donors (Lipinski definition) is 1. The van der Waals surface area contributed by atoms with Crippen molar-refractivity contribution in [2.45, 2.75) is 70.4 Å². The molecule has 2 unspecified atom stereocenters. The highest BCUT2D eigenvalue weighted by molar-refractivity contribution is 5.04. The predicted octanol–water partition coefficient (Wildman–Crippen LogP) is 3.03. The van der Waals surface area contributed by atoms with Crippen LogP contribution in [-0.4, -0.2) is 36.1 Å². The number of hydrogen-bond acceptors (Lipinski definition) is 2. The highest BCUT2D eigenvalue weighted by Gasteiger charge is 2.46. The zero-order chi connectivity index (χ0) is 12.6. The number of nitrogens with zero attached hydrogens (tertiary/aromatic N) is 1. The van der Waals surface area contributed by atoms with Crippen LogP contribution in [0.2, 0.25) is 0 Å². The van der Waals surface area contributed by atoms with E-state index in [1.807, 2.05) is 0 Å². The van der Waals surface area contributed by atoms with Crippen LogP contribution in [0.25, 0.3) is 0 Å². The number of piperazine rings is 1. The Hall–Kier alpha value is -0.0800. The Balaban J connectivity index is 1.65. The van der Waals surface area contributed by atoms with Gasteiger partial charge >= 0.3 is 0 Å². The van der Waals surface area contributed by atoms with E-state index in [0.29, 0.717) is 5.54 Å². The first-order chi connectivity index (χ1) is 8.73. The molecule has 2 heteroatoms. The first-order valence-electron chi connectivity index (χ1n) is 8.22. The zero-order valence-electron chi connectivity index (χ0n) is 12.3. The van der Waals surface area contributed by atoms with Gasteiger partial charge in [-0.1, -0.05) is 26.2 Å². The van der Waals surface area contributed by atoms with E-state index in [9.17, 15) is 0 Å². The maximum absolute atomic E-state index is 3.93. The Morgan fingerprint density at radius 3 is 2.44 bits per heavy atom. The standard InChI is InChI=1S/C16H30N2/c1-3-18-12-16(2,14-9-10-14)17-11-15(18)13-7-5-4-6-8-13/h13-15,17H,3-12H2,1-2H3. The van der Waals surface area contributed by atoms with Crippen molar-refractivity contribution >= 4 is 0 Å². The van der Waals surface area contributed by atoms with Crippen LogP contribution in [0, 0.1) is 11.8 Å². The Labute approximate surface area is 113 Å². The molecule has 2 atom stereocenters. The van der Waals surface area contributed by atoms with Gasteiger partial charge in [-0.3, -0.25) is 4.90 Å². The average molecular weight is 250 g/mol. The van der Waals surface area contributed by atoms with E-state index in [0.717, 1.165) is 17.9 Å². The van der Waals surface area contributed by atoms with Gasteiger partial charge in [-0.15, -0.1) is 0 Å². The second-order valence-corrected chi connectivity index (χ2v) is 7.10. The highest BCUT2D eigenvalue weighted by Crippen LogP contribution is 2.42. The summed E-state index contributed by atoms with van der Waals surface area (Å²) in [6.07, 6.45) is 10.3. The third-order valence-corrected chi connectivity index (χ3v) is 5.79. The van der Waals surface area contributed by atoms with Crippen molar-refractivity contribution in [3.05, 3.63) is 0 Å². The summed E-state index contributed by atoms with van der Waals surface area (Å²) in [5, 5.41) is 3.93. The lowest BCUT2D eigenvalue weighted by Crippen LogP contribution is -2.65. The zero-order valence-corrected chi connectivity index (χ0v) is 12.3. The topological polar surface area (TPSA) is 15.3 Å². The Morgan fingerprint density at radius 2 is 1.83 bits per heavy atom. The first kappa shape index (κ1) is 12.9. The van der Waals surface area contributed by atoms with Crippen LogP contribution in [-0.2, 0) is 0 Å². The maximum atomic E-state index is 3.93. The van der Waals surface area contributed by atoms with Gasteiger partial charge in [-0.25, -0.2) is 0 Å². The molecule has 1 heterocycles. The molecule has 1 saturated heterocycles. The third-order valence-electron chi connectivity index (χ3n) is 5.79. The molecule has 0 radical (unpaired) electrons. The van der Waals surface area contributed by atoms with Crippen LogP contribution in [0.4, 0.5) is 0 Å². The van der Waals surface area contributed by atoms with Crippen molar-refractivity contribution in [3.8, 4) is 0 Å². The van der Waals surface area contributed by atoms with Gasteiger partial charge in [-0.2, -0.15) is 0 Å². The van der Waals surface area contributed by atoms with Gasteiger partial charge in [0.05, 0.1) is 0 Å². The number of likely N-dealkylation sites (N-methyl/N-ethyl adjacent to an activating group) is 1. The number of rotatable bonds is 3. The molecule has 3 rings (SSSR count). The summed E-state index contributed by atoms with van der Waals surface area (Å²) in [4.78, 5) is 2.80. The fraction of sp³-hybridized carbons (Fsp3) is 1.00. The molecule has 0 bridgehead atoms. The second kappa shape index (κ2) is 5.13. The van der Waals surface area contributed by atoms with Crippen molar-refractivity contribution in [1.29, 1.82) is 0 Å². The van der Waals surface area contributed by atoms with Crippen molar-refractivity contribution in [1.82, 2.24) is 10.2 Å². The quantitative estimate of drug-likeness (QED) is 0.828. The molecule has 0 spiro atoms. The van der Waals surface area contributed by atoms with E-state index in [-0.39, 0.29) is 0 Å². The predicted molar refractivity (Wildman–Crippen MR) is 76.7 cm³/mol. The highest BCUT2D eigenvalue weighted by atomic mass is 15.3. The molecule has 2 saturated carbocycles. The molecule has 0 amide bonds. The second-order valence-electron chi connectivity index (χ2n) is 7.10. The first-order valence-corrected chi connectivity index (χ1v) is 8.22. The molecule has 18 heavy (non-hydrogen) atoms. The van der Waals surface area contributed by atoms with E-state index in [4.69, 9.17) is 0 Å². The smallest absolute Gasteiger partial charge is 0.0309 e. The summed E-state index contributed by atoms with van der Waals surface area (Å²) in [7, 11) is 0. The molecule has 1 N–H and O–H groups in total. The van der Waals surface area contributed by atoms with Gasteiger partial charge in [0.1, 0.15) is 0 Å². The van der Waals surface area contributed by atoms with Crippen LogP contribution >= 0.6 is 0 Å². The lowest BCUT2D eigenvalue weighted by atomic mass is 9.80. The van der Waals surface area contributed by atoms with Gasteiger partial charge in [-0.05, 0) is 51.0 Å². The monoisotopic (exact) mass is 250 g/mol. The van der Waals surface area contributed by atoms with Crippen LogP contribution in [0.3, 0.4) is 0 Å². The minimum absolute atomic E-state index is 0.418. The molecule has 3 fully saturated rings. The van der Waals surface area contributed by atoms with Crippen LogP contribution in [0.5, 0.6) is 0 Å². The molecule has 3 aliphatic rings. The van der Waals surface area contributed by atoms with E-state index in [1.165, 1.54) is 64.6 Å². The van der Waals surface area contributed by atoms with Crippen molar-refractivity contribution < 1.29 is 0 Å². The molecule has 0 aromatic heterocycles. The summed E-state index contributed by atoms with van der Waals surface area (Å²) >= 11 is 0. The average Bonchev–Trinajstić information content (AvgIpc) is 3.24. The molecular weight excluding hydrogens is 220 g/mol. The normalized spacial score (nSPS) is 40.0. The van der Waals surface area contributed by atoms with E-state index in [2.05, 4.69) is 24.1 Å². The molecule has 1 aliphatic heterocycles. The minimum Gasteiger partial charge on any atom is -0.308 e. The van der Waals surface area contributed by atoms with Gasteiger partial charge in [0.15, 0.2) is 0 Å². The molecule has 104 valence electrons.